The number of amides is 1. The van der Waals surface area contributed by atoms with Crippen molar-refractivity contribution in [2.45, 2.75) is 12.2 Å². The minimum Gasteiger partial charge on any atom is -0.388 e. The van der Waals surface area contributed by atoms with Crippen LogP contribution < -0.4 is 10.6 Å². The fraction of sp³-hybridized carbons (Fsp3) is 0.455. The number of hydrogen-bond donors (Lipinski definition) is 2. The minimum atomic E-state index is -0.937. The van der Waals surface area contributed by atoms with Crippen LogP contribution in [-0.2, 0) is 10.8 Å². The molecular formula is C11H17N3O2S. The molecule has 0 aliphatic carbocycles. The number of nitrogens with zero attached hydrogens (tertiary/aromatic N) is 1. The SMILES string of the molecule is CNc1ccnc(C(=O)NCC(C)S(C)=O)c1. The third kappa shape index (κ3) is 4.14. The van der Waals surface area contributed by atoms with Gasteiger partial charge in [0.15, 0.2) is 0 Å². The van der Waals surface area contributed by atoms with Gasteiger partial charge in [0.2, 0.25) is 0 Å². The maximum atomic E-state index is 11.7. The van der Waals surface area contributed by atoms with E-state index < -0.39 is 10.8 Å². The molecule has 0 saturated heterocycles. The molecule has 0 aliphatic heterocycles. The highest BCUT2D eigenvalue weighted by atomic mass is 32.2. The molecule has 2 unspecified atom stereocenters. The van der Waals surface area contributed by atoms with E-state index in [1.54, 1.807) is 31.6 Å². The maximum absolute atomic E-state index is 11.7. The van der Waals surface area contributed by atoms with Crippen LogP contribution in [0.3, 0.4) is 0 Å². The average Bonchev–Trinajstić information content (AvgIpc) is 2.35. The van der Waals surface area contributed by atoms with Gasteiger partial charge in [-0.15, -0.1) is 0 Å². The molecule has 1 heterocycles. The summed E-state index contributed by atoms with van der Waals surface area (Å²) in [5, 5.41) is 5.58. The molecule has 0 bridgehead atoms. The van der Waals surface area contributed by atoms with Gasteiger partial charge in [-0.25, -0.2) is 0 Å². The van der Waals surface area contributed by atoms with E-state index in [2.05, 4.69) is 15.6 Å². The first-order chi connectivity index (χ1) is 8.04. The number of nitrogens with one attached hydrogen (secondary N) is 2. The van der Waals surface area contributed by atoms with Crippen molar-refractivity contribution in [3.8, 4) is 0 Å². The molecule has 1 amide bonds. The Bertz CT molecular complexity index is 423. The third-order valence-corrected chi connectivity index (χ3v) is 3.70. The lowest BCUT2D eigenvalue weighted by atomic mass is 10.3. The number of carbonyl (C=O) groups is 1. The van der Waals surface area contributed by atoms with E-state index in [9.17, 15) is 9.00 Å². The Labute approximate surface area is 103 Å². The highest BCUT2D eigenvalue weighted by Crippen LogP contribution is 2.06. The van der Waals surface area contributed by atoms with E-state index in [0.29, 0.717) is 12.2 Å². The first kappa shape index (κ1) is 13.6. The first-order valence-electron chi connectivity index (χ1n) is 5.29. The van der Waals surface area contributed by atoms with Gasteiger partial charge in [-0.3, -0.25) is 14.0 Å². The normalized spacial score (nSPS) is 13.8. The number of aromatic nitrogens is 1. The molecule has 1 rings (SSSR count). The van der Waals surface area contributed by atoms with E-state index in [1.165, 1.54) is 0 Å². The Morgan fingerprint density at radius 3 is 2.88 bits per heavy atom. The molecule has 1 aromatic rings. The molecule has 0 aliphatic rings. The maximum Gasteiger partial charge on any atom is 0.269 e. The molecule has 0 saturated carbocycles. The van der Waals surface area contributed by atoms with Crippen LogP contribution in [0.25, 0.3) is 0 Å². The van der Waals surface area contributed by atoms with Crippen molar-refractivity contribution < 1.29 is 9.00 Å². The van der Waals surface area contributed by atoms with Crippen LogP contribution in [0.15, 0.2) is 18.3 Å². The van der Waals surface area contributed by atoms with E-state index in [0.717, 1.165) is 5.69 Å². The Morgan fingerprint density at radius 1 is 1.59 bits per heavy atom. The minimum absolute atomic E-state index is 0.0635. The van der Waals surface area contributed by atoms with Gasteiger partial charge in [0.1, 0.15) is 5.69 Å². The van der Waals surface area contributed by atoms with Crippen LogP contribution in [0, 0.1) is 0 Å². The summed E-state index contributed by atoms with van der Waals surface area (Å²) in [5.74, 6) is -0.251. The van der Waals surface area contributed by atoms with Crippen molar-refractivity contribution in [2.75, 3.05) is 25.2 Å². The van der Waals surface area contributed by atoms with Crippen molar-refractivity contribution in [3.05, 3.63) is 24.0 Å². The zero-order chi connectivity index (χ0) is 12.8. The van der Waals surface area contributed by atoms with Gasteiger partial charge in [-0.05, 0) is 19.1 Å². The van der Waals surface area contributed by atoms with Crippen LogP contribution >= 0.6 is 0 Å². The molecule has 0 aromatic carbocycles. The molecule has 0 spiro atoms. The molecule has 0 fully saturated rings. The fourth-order valence-electron chi connectivity index (χ4n) is 1.15. The second-order valence-corrected chi connectivity index (χ2v) is 5.50. The standard InChI is InChI=1S/C11H17N3O2S/c1-8(17(3)16)7-14-11(15)10-6-9(12-2)4-5-13-10/h4-6,8H,7H2,1-3H3,(H,12,13)(H,14,15). The summed E-state index contributed by atoms with van der Waals surface area (Å²) in [5.41, 5.74) is 1.18. The van der Waals surface area contributed by atoms with E-state index in [4.69, 9.17) is 0 Å². The quantitative estimate of drug-likeness (QED) is 0.809. The van der Waals surface area contributed by atoms with Gasteiger partial charge >= 0.3 is 0 Å². The van der Waals surface area contributed by atoms with E-state index >= 15 is 0 Å². The first-order valence-corrected chi connectivity index (χ1v) is 6.91. The highest BCUT2D eigenvalue weighted by molar-refractivity contribution is 7.84. The second kappa shape index (κ2) is 6.34. The summed E-state index contributed by atoms with van der Waals surface area (Å²) in [6.07, 6.45) is 3.19. The summed E-state index contributed by atoms with van der Waals surface area (Å²) in [7, 11) is 0.840. The molecule has 2 N–H and O–H groups in total. The Morgan fingerprint density at radius 2 is 2.29 bits per heavy atom. The van der Waals surface area contributed by atoms with Crippen molar-refractivity contribution >= 4 is 22.4 Å². The second-order valence-electron chi connectivity index (χ2n) is 3.70. The molecule has 1 aromatic heterocycles. The zero-order valence-electron chi connectivity index (χ0n) is 10.2. The zero-order valence-corrected chi connectivity index (χ0v) is 11.0. The van der Waals surface area contributed by atoms with Gasteiger partial charge in [-0.2, -0.15) is 0 Å². The van der Waals surface area contributed by atoms with Gasteiger partial charge < -0.3 is 10.6 Å². The van der Waals surface area contributed by atoms with E-state index in [-0.39, 0.29) is 11.2 Å². The summed E-state index contributed by atoms with van der Waals surface area (Å²) >= 11 is 0. The molecule has 2 atom stereocenters. The summed E-state index contributed by atoms with van der Waals surface area (Å²) in [6, 6.07) is 3.45. The van der Waals surface area contributed by atoms with Crippen LogP contribution in [0.2, 0.25) is 0 Å². The van der Waals surface area contributed by atoms with Crippen molar-refractivity contribution in [3.63, 3.8) is 0 Å². The van der Waals surface area contributed by atoms with Crippen LogP contribution in [0.1, 0.15) is 17.4 Å². The number of anilines is 1. The highest BCUT2D eigenvalue weighted by Gasteiger charge is 2.11. The number of carbonyl (C=O) groups excluding carboxylic acids is 1. The van der Waals surface area contributed by atoms with Gasteiger partial charge in [0.25, 0.3) is 5.91 Å². The predicted molar refractivity (Wildman–Crippen MR) is 69.6 cm³/mol. The number of pyridine rings is 1. The van der Waals surface area contributed by atoms with Gasteiger partial charge in [-0.1, -0.05) is 0 Å². The molecule has 5 nitrogen and oxygen atoms in total. The van der Waals surface area contributed by atoms with Crippen LogP contribution in [-0.4, -0.2) is 40.2 Å². The molecule has 17 heavy (non-hydrogen) atoms. The lowest BCUT2D eigenvalue weighted by Gasteiger charge is -2.10. The number of rotatable bonds is 5. The van der Waals surface area contributed by atoms with Crippen molar-refractivity contribution in [1.82, 2.24) is 10.3 Å². The summed E-state index contributed by atoms with van der Waals surface area (Å²) in [4.78, 5) is 15.7. The molecule has 94 valence electrons. The summed E-state index contributed by atoms with van der Waals surface area (Å²) < 4.78 is 11.1. The molecule has 0 radical (unpaired) electrons. The fourth-order valence-corrected chi connectivity index (χ4v) is 1.47. The summed E-state index contributed by atoms with van der Waals surface area (Å²) in [6.45, 7) is 2.21. The Hall–Kier alpha value is -1.43. The Kier molecular flexibility index (Phi) is 5.09. The monoisotopic (exact) mass is 255 g/mol. The van der Waals surface area contributed by atoms with Gasteiger partial charge in [0.05, 0.1) is 0 Å². The van der Waals surface area contributed by atoms with Crippen molar-refractivity contribution in [2.24, 2.45) is 0 Å². The third-order valence-electron chi connectivity index (χ3n) is 2.40. The lowest BCUT2D eigenvalue weighted by Crippen LogP contribution is -2.33. The lowest BCUT2D eigenvalue weighted by molar-refractivity contribution is 0.0949. The van der Waals surface area contributed by atoms with E-state index in [1.807, 2.05) is 6.92 Å². The smallest absolute Gasteiger partial charge is 0.269 e. The average molecular weight is 255 g/mol. The Balaban J connectivity index is 2.60. The van der Waals surface area contributed by atoms with Crippen molar-refractivity contribution in [1.29, 1.82) is 0 Å². The molecule has 6 heteroatoms. The largest absolute Gasteiger partial charge is 0.388 e. The predicted octanol–water partition coefficient (Wildman–Crippen LogP) is 0.620. The molecular weight excluding hydrogens is 238 g/mol. The number of hydrogen-bond acceptors (Lipinski definition) is 4. The topological polar surface area (TPSA) is 71.1 Å². The van der Waals surface area contributed by atoms with Crippen LogP contribution in [0.4, 0.5) is 5.69 Å². The van der Waals surface area contributed by atoms with Gasteiger partial charge in [0, 0.05) is 47.8 Å². The van der Waals surface area contributed by atoms with Crippen LogP contribution in [0.5, 0.6) is 0 Å².